The summed E-state index contributed by atoms with van der Waals surface area (Å²) in [6.45, 7) is 3.88. The van der Waals surface area contributed by atoms with Gasteiger partial charge in [0.2, 0.25) is 0 Å². The quantitative estimate of drug-likeness (QED) is 0.919. The van der Waals surface area contributed by atoms with Crippen LogP contribution in [0.2, 0.25) is 0 Å². The molecule has 1 aromatic carbocycles. The van der Waals surface area contributed by atoms with E-state index in [-0.39, 0.29) is 5.91 Å². The molecule has 5 heteroatoms. The zero-order valence-electron chi connectivity index (χ0n) is 12.2. The number of ether oxygens (including phenoxy) is 1. The van der Waals surface area contributed by atoms with Crippen LogP contribution in [0.1, 0.15) is 29.8 Å². The van der Waals surface area contributed by atoms with E-state index in [4.69, 9.17) is 4.74 Å². The van der Waals surface area contributed by atoms with E-state index < -0.39 is 5.54 Å². The van der Waals surface area contributed by atoms with Crippen molar-refractivity contribution < 1.29 is 9.53 Å². The smallest absolute Gasteiger partial charge is 0.253 e. The number of pyridine rings is 1. The molecule has 110 valence electrons. The minimum absolute atomic E-state index is 0.166. The number of aromatic nitrogens is 1. The number of carbonyl (C=O) groups is 1. The van der Waals surface area contributed by atoms with Crippen LogP contribution in [-0.2, 0) is 5.54 Å². The first kappa shape index (κ1) is 15.5. The number of nitrogens with one attached hydrogen (secondary N) is 1. The van der Waals surface area contributed by atoms with Gasteiger partial charge < -0.3 is 10.1 Å². The molecule has 0 saturated heterocycles. The predicted octanol–water partition coefficient (Wildman–Crippen LogP) is 3.52. The van der Waals surface area contributed by atoms with E-state index in [2.05, 4.69) is 26.2 Å². The highest BCUT2D eigenvalue weighted by Crippen LogP contribution is 2.29. The van der Waals surface area contributed by atoms with E-state index in [1.54, 1.807) is 25.6 Å². The number of benzene rings is 1. The van der Waals surface area contributed by atoms with Gasteiger partial charge in [-0.25, -0.2) is 0 Å². The summed E-state index contributed by atoms with van der Waals surface area (Å²) in [4.78, 5) is 16.4. The molecule has 21 heavy (non-hydrogen) atoms. The third-order valence-corrected chi connectivity index (χ3v) is 3.86. The zero-order chi connectivity index (χ0) is 15.5. The number of rotatable bonds is 4. The van der Waals surface area contributed by atoms with Gasteiger partial charge in [-0.1, -0.05) is 18.2 Å². The fourth-order valence-corrected chi connectivity index (χ4v) is 2.57. The number of methoxy groups -OCH3 is 1. The summed E-state index contributed by atoms with van der Waals surface area (Å²) in [7, 11) is 1.62. The Kier molecular flexibility index (Phi) is 4.63. The van der Waals surface area contributed by atoms with Crippen LogP contribution in [0.15, 0.2) is 47.2 Å². The highest BCUT2D eigenvalue weighted by atomic mass is 79.9. The Bertz CT molecular complexity index is 656. The SMILES string of the molecule is COc1ccccc1C(C)(C)NC(=O)c1ccncc1Br. The Labute approximate surface area is 132 Å². The van der Waals surface area contributed by atoms with Crippen LogP contribution in [0.25, 0.3) is 0 Å². The Morgan fingerprint density at radius 2 is 2.00 bits per heavy atom. The van der Waals surface area contributed by atoms with Crippen molar-refractivity contribution in [3.63, 3.8) is 0 Å². The van der Waals surface area contributed by atoms with Crippen LogP contribution in [0.4, 0.5) is 0 Å². The number of amides is 1. The summed E-state index contributed by atoms with van der Waals surface area (Å²) in [6, 6.07) is 9.33. The fraction of sp³-hybridized carbons (Fsp3) is 0.250. The average Bonchev–Trinajstić information content (AvgIpc) is 2.47. The van der Waals surface area contributed by atoms with E-state index in [1.165, 1.54) is 0 Å². The standard InChI is InChI=1S/C16H17BrN2O2/c1-16(2,12-6-4-5-7-14(12)21-3)19-15(20)11-8-9-18-10-13(11)17/h4-10H,1-3H3,(H,19,20). The summed E-state index contributed by atoms with van der Waals surface area (Å²) < 4.78 is 6.04. The van der Waals surface area contributed by atoms with Crippen molar-refractivity contribution in [2.24, 2.45) is 0 Å². The summed E-state index contributed by atoms with van der Waals surface area (Å²) in [6.07, 6.45) is 3.20. The van der Waals surface area contributed by atoms with Gasteiger partial charge in [-0.2, -0.15) is 0 Å². The molecular weight excluding hydrogens is 332 g/mol. The molecule has 0 aliphatic carbocycles. The van der Waals surface area contributed by atoms with Crippen molar-refractivity contribution in [2.45, 2.75) is 19.4 Å². The Hall–Kier alpha value is -1.88. The van der Waals surface area contributed by atoms with Crippen molar-refractivity contribution in [1.29, 1.82) is 0 Å². The van der Waals surface area contributed by atoms with Gasteiger partial charge >= 0.3 is 0 Å². The van der Waals surface area contributed by atoms with E-state index in [0.29, 0.717) is 10.0 Å². The van der Waals surface area contributed by atoms with Crippen LogP contribution in [0.3, 0.4) is 0 Å². The van der Waals surface area contributed by atoms with Crippen LogP contribution >= 0.6 is 15.9 Å². The summed E-state index contributed by atoms with van der Waals surface area (Å²) >= 11 is 3.34. The molecule has 0 spiro atoms. The summed E-state index contributed by atoms with van der Waals surface area (Å²) in [5.41, 5.74) is 0.908. The molecule has 0 atom stereocenters. The van der Waals surface area contributed by atoms with Gasteiger partial charge in [0.15, 0.2) is 0 Å². The Morgan fingerprint density at radius 1 is 1.29 bits per heavy atom. The van der Waals surface area contributed by atoms with Crippen LogP contribution in [-0.4, -0.2) is 18.0 Å². The number of halogens is 1. The first-order valence-corrected chi connectivity index (χ1v) is 7.30. The molecule has 0 unspecified atom stereocenters. The lowest BCUT2D eigenvalue weighted by atomic mass is 9.93. The first-order chi connectivity index (χ1) is 9.95. The van der Waals surface area contributed by atoms with E-state index in [0.717, 1.165) is 11.3 Å². The van der Waals surface area contributed by atoms with Crippen LogP contribution < -0.4 is 10.1 Å². The van der Waals surface area contributed by atoms with Gasteiger partial charge in [-0.15, -0.1) is 0 Å². The molecule has 0 aliphatic rings. The van der Waals surface area contributed by atoms with Gasteiger partial charge in [0, 0.05) is 22.4 Å². The molecular formula is C16H17BrN2O2. The lowest BCUT2D eigenvalue weighted by Gasteiger charge is -2.28. The molecule has 1 amide bonds. The molecule has 0 radical (unpaired) electrons. The number of carbonyl (C=O) groups excluding carboxylic acids is 1. The molecule has 1 N–H and O–H groups in total. The minimum atomic E-state index is -0.563. The summed E-state index contributed by atoms with van der Waals surface area (Å²) in [5.74, 6) is 0.580. The predicted molar refractivity (Wildman–Crippen MR) is 85.4 cm³/mol. The van der Waals surface area contributed by atoms with Gasteiger partial charge in [-0.05, 0) is 41.9 Å². The maximum absolute atomic E-state index is 12.4. The highest BCUT2D eigenvalue weighted by Gasteiger charge is 2.27. The largest absolute Gasteiger partial charge is 0.496 e. The second kappa shape index (κ2) is 6.26. The van der Waals surface area contributed by atoms with Crippen LogP contribution in [0.5, 0.6) is 5.75 Å². The van der Waals surface area contributed by atoms with Gasteiger partial charge in [0.05, 0.1) is 18.2 Å². The lowest BCUT2D eigenvalue weighted by Crippen LogP contribution is -2.41. The molecule has 4 nitrogen and oxygen atoms in total. The van der Waals surface area contributed by atoms with E-state index in [1.807, 2.05) is 38.1 Å². The van der Waals surface area contributed by atoms with Crippen molar-refractivity contribution in [2.75, 3.05) is 7.11 Å². The fourth-order valence-electron chi connectivity index (χ4n) is 2.14. The molecule has 0 aliphatic heterocycles. The van der Waals surface area contributed by atoms with Crippen molar-refractivity contribution >= 4 is 21.8 Å². The molecule has 1 heterocycles. The third kappa shape index (κ3) is 3.42. The van der Waals surface area contributed by atoms with Crippen molar-refractivity contribution in [3.8, 4) is 5.75 Å². The molecule has 1 aromatic heterocycles. The maximum atomic E-state index is 12.4. The lowest BCUT2D eigenvalue weighted by molar-refractivity contribution is 0.0910. The minimum Gasteiger partial charge on any atom is -0.496 e. The number of hydrogen-bond acceptors (Lipinski definition) is 3. The topological polar surface area (TPSA) is 51.2 Å². The second-order valence-corrected chi connectivity index (χ2v) is 5.99. The average molecular weight is 349 g/mol. The highest BCUT2D eigenvalue weighted by molar-refractivity contribution is 9.10. The molecule has 0 fully saturated rings. The second-order valence-electron chi connectivity index (χ2n) is 5.13. The maximum Gasteiger partial charge on any atom is 0.253 e. The van der Waals surface area contributed by atoms with Crippen LogP contribution in [0, 0.1) is 0 Å². The zero-order valence-corrected chi connectivity index (χ0v) is 13.8. The molecule has 0 bridgehead atoms. The monoisotopic (exact) mass is 348 g/mol. The Balaban J connectivity index is 2.29. The summed E-state index contributed by atoms with van der Waals surface area (Å²) in [5, 5.41) is 3.03. The van der Waals surface area contributed by atoms with Gasteiger partial charge in [0.1, 0.15) is 5.75 Å². The number of nitrogens with zero attached hydrogens (tertiary/aromatic N) is 1. The first-order valence-electron chi connectivity index (χ1n) is 6.51. The van der Waals surface area contributed by atoms with E-state index >= 15 is 0 Å². The van der Waals surface area contributed by atoms with Gasteiger partial charge in [0.25, 0.3) is 5.91 Å². The molecule has 2 aromatic rings. The normalized spacial score (nSPS) is 11.0. The van der Waals surface area contributed by atoms with Crippen molar-refractivity contribution in [3.05, 3.63) is 58.3 Å². The molecule has 0 saturated carbocycles. The van der Waals surface area contributed by atoms with E-state index in [9.17, 15) is 4.79 Å². The number of hydrogen-bond donors (Lipinski definition) is 1. The van der Waals surface area contributed by atoms with Crippen molar-refractivity contribution in [1.82, 2.24) is 10.3 Å². The molecule has 2 rings (SSSR count). The Morgan fingerprint density at radius 3 is 2.67 bits per heavy atom. The van der Waals surface area contributed by atoms with Gasteiger partial charge in [-0.3, -0.25) is 9.78 Å². The third-order valence-electron chi connectivity index (χ3n) is 3.22. The number of para-hydroxylation sites is 1.